The summed E-state index contributed by atoms with van der Waals surface area (Å²) in [4.78, 5) is 10.1. The number of nitro groups is 1. The van der Waals surface area contributed by atoms with Crippen LogP contribution in [-0.4, -0.2) is 16.6 Å². The second-order valence-electron chi connectivity index (χ2n) is 2.73. The minimum atomic E-state index is -0.558. The van der Waals surface area contributed by atoms with E-state index in [1.807, 2.05) is 6.07 Å². The number of nitriles is 1. The van der Waals surface area contributed by atoms with Crippen molar-refractivity contribution in [2.45, 2.75) is 0 Å². The Bertz CT molecular complexity index is 446. The summed E-state index contributed by atoms with van der Waals surface area (Å²) in [6.07, 6.45) is 2.84. The van der Waals surface area contributed by atoms with Crippen molar-refractivity contribution < 1.29 is 10.0 Å². The number of rotatable bonds is 3. The van der Waals surface area contributed by atoms with Crippen LogP contribution < -0.4 is 0 Å². The van der Waals surface area contributed by atoms with Crippen molar-refractivity contribution in [3.8, 4) is 6.07 Å². The van der Waals surface area contributed by atoms with E-state index in [-0.39, 0.29) is 17.9 Å². The lowest BCUT2D eigenvalue weighted by Gasteiger charge is -1.97. The van der Waals surface area contributed by atoms with Gasteiger partial charge in [-0.1, -0.05) is 6.08 Å². The number of aliphatic hydroxyl groups is 1. The van der Waals surface area contributed by atoms with Gasteiger partial charge in [-0.3, -0.25) is 10.1 Å². The second kappa shape index (κ2) is 4.88. The summed E-state index contributed by atoms with van der Waals surface area (Å²) in [5.74, 6) is 0. The van der Waals surface area contributed by atoms with Crippen LogP contribution in [0.2, 0.25) is 0 Å². The highest BCUT2D eigenvalue weighted by atomic mass is 16.6. The van der Waals surface area contributed by atoms with E-state index < -0.39 is 4.92 Å². The van der Waals surface area contributed by atoms with Gasteiger partial charge in [0.1, 0.15) is 0 Å². The molecule has 1 aromatic carbocycles. The van der Waals surface area contributed by atoms with E-state index in [1.165, 1.54) is 30.4 Å². The maximum absolute atomic E-state index is 10.7. The number of nitro benzene ring substituents is 1. The highest BCUT2D eigenvalue weighted by Gasteiger charge is 2.11. The zero-order valence-corrected chi connectivity index (χ0v) is 7.75. The molecule has 0 atom stereocenters. The van der Waals surface area contributed by atoms with Crippen molar-refractivity contribution >= 4 is 11.8 Å². The summed E-state index contributed by atoms with van der Waals surface area (Å²) in [5.41, 5.74) is 0.467. The molecule has 1 aromatic rings. The average Bonchev–Trinajstić information content (AvgIpc) is 2.26. The molecule has 0 bridgehead atoms. The normalized spacial score (nSPS) is 10.1. The predicted octanol–water partition coefficient (Wildman–Crippen LogP) is 1.47. The third-order valence-corrected chi connectivity index (χ3v) is 1.76. The minimum absolute atomic E-state index is 0.140. The molecule has 0 heterocycles. The van der Waals surface area contributed by atoms with E-state index >= 15 is 0 Å². The van der Waals surface area contributed by atoms with Crippen LogP contribution >= 0.6 is 0 Å². The van der Waals surface area contributed by atoms with Crippen molar-refractivity contribution in [1.82, 2.24) is 0 Å². The van der Waals surface area contributed by atoms with Crippen molar-refractivity contribution in [1.29, 1.82) is 5.26 Å². The first-order chi connectivity index (χ1) is 7.19. The summed E-state index contributed by atoms with van der Waals surface area (Å²) in [6.45, 7) is -0.183. The van der Waals surface area contributed by atoms with Gasteiger partial charge < -0.3 is 5.11 Å². The molecule has 0 spiro atoms. The zero-order chi connectivity index (χ0) is 11.3. The number of hydrogen-bond donors (Lipinski definition) is 1. The summed E-state index contributed by atoms with van der Waals surface area (Å²) >= 11 is 0. The van der Waals surface area contributed by atoms with Gasteiger partial charge in [0, 0.05) is 6.07 Å². The molecule has 5 nitrogen and oxygen atoms in total. The standard InChI is InChI=1S/C10H8N2O3/c11-7-8-3-4-9(2-1-5-13)10(6-8)12(14)15/h1-4,6,13H,5H2. The first-order valence-corrected chi connectivity index (χ1v) is 4.15. The molecule has 5 heteroatoms. The van der Waals surface area contributed by atoms with Crippen molar-refractivity contribution in [3.05, 3.63) is 45.5 Å². The van der Waals surface area contributed by atoms with Gasteiger partial charge in [0.2, 0.25) is 0 Å². The van der Waals surface area contributed by atoms with Crippen LogP contribution in [0.15, 0.2) is 24.3 Å². The topological polar surface area (TPSA) is 87.2 Å². The molecule has 0 saturated carbocycles. The van der Waals surface area contributed by atoms with Crippen LogP contribution in [-0.2, 0) is 0 Å². The molecule has 76 valence electrons. The Balaban J connectivity index is 3.22. The fourth-order valence-corrected chi connectivity index (χ4v) is 1.09. The van der Waals surface area contributed by atoms with Crippen LogP contribution in [0.25, 0.3) is 6.08 Å². The molecule has 0 unspecified atom stereocenters. The molecule has 0 saturated heterocycles. The average molecular weight is 204 g/mol. The lowest BCUT2D eigenvalue weighted by atomic mass is 10.1. The van der Waals surface area contributed by atoms with Crippen LogP contribution in [0.3, 0.4) is 0 Å². The van der Waals surface area contributed by atoms with Gasteiger partial charge in [0.25, 0.3) is 5.69 Å². The van der Waals surface area contributed by atoms with Gasteiger partial charge in [-0.15, -0.1) is 0 Å². The second-order valence-corrected chi connectivity index (χ2v) is 2.73. The molecule has 1 N–H and O–H groups in total. The van der Waals surface area contributed by atoms with Crippen molar-refractivity contribution in [3.63, 3.8) is 0 Å². The third-order valence-electron chi connectivity index (χ3n) is 1.76. The molecular weight excluding hydrogens is 196 g/mol. The molecule has 0 aliphatic rings. The quantitative estimate of drug-likeness (QED) is 0.596. The van der Waals surface area contributed by atoms with Crippen molar-refractivity contribution in [2.75, 3.05) is 6.61 Å². The smallest absolute Gasteiger partial charge is 0.277 e. The van der Waals surface area contributed by atoms with E-state index in [0.717, 1.165) is 0 Å². The van der Waals surface area contributed by atoms with Gasteiger partial charge in [-0.25, -0.2) is 0 Å². The Labute approximate surface area is 86.0 Å². The largest absolute Gasteiger partial charge is 0.392 e. The third kappa shape index (κ3) is 2.62. The molecule has 0 aliphatic heterocycles. The van der Waals surface area contributed by atoms with E-state index in [2.05, 4.69) is 0 Å². The predicted molar refractivity (Wildman–Crippen MR) is 53.9 cm³/mol. The molecule has 15 heavy (non-hydrogen) atoms. The summed E-state index contributed by atoms with van der Waals surface area (Å²) in [6, 6.07) is 6.00. The van der Waals surface area contributed by atoms with Crippen LogP contribution in [0.1, 0.15) is 11.1 Å². The van der Waals surface area contributed by atoms with Crippen LogP contribution in [0, 0.1) is 21.4 Å². The number of aliphatic hydroxyl groups excluding tert-OH is 1. The first kappa shape index (κ1) is 10.9. The van der Waals surface area contributed by atoms with E-state index in [4.69, 9.17) is 10.4 Å². The fraction of sp³-hybridized carbons (Fsp3) is 0.100. The van der Waals surface area contributed by atoms with Gasteiger partial charge in [-0.2, -0.15) is 5.26 Å². The zero-order valence-electron chi connectivity index (χ0n) is 7.75. The maximum Gasteiger partial charge on any atom is 0.277 e. The monoisotopic (exact) mass is 204 g/mol. The Hall–Kier alpha value is -2.19. The number of nitrogens with zero attached hydrogens (tertiary/aromatic N) is 2. The molecule has 0 aliphatic carbocycles. The van der Waals surface area contributed by atoms with Crippen LogP contribution in [0.5, 0.6) is 0 Å². The minimum Gasteiger partial charge on any atom is -0.392 e. The number of hydrogen-bond acceptors (Lipinski definition) is 4. The highest BCUT2D eigenvalue weighted by Crippen LogP contribution is 2.21. The Morgan fingerprint density at radius 2 is 2.33 bits per heavy atom. The SMILES string of the molecule is N#Cc1ccc(C=CCO)c([N+](=O)[O-])c1. The summed E-state index contributed by atoms with van der Waals surface area (Å²) in [7, 11) is 0. The molecule has 1 rings (SSSR count). The molecular formula is C10H8N2O3. The molecule has 0 aromatic heterocycles. The highest BCUT2D eigenvalue weighted by molar-refractivity contribution is 5.62. The maximum atomic E-state index is 10.7. The molecule has 0 radical (unpaired) electrons. The van der Waals surface area contributed by atoms with E-state index in [1.54, 1.807) is 0 Å². The molecule has 0 amide bonds. The Morgan fingerprint density at radius 3 is 2.87 bits per heavy atom. The van der Waals surface area contributed by atoms with Gasteiger partial charge in [0.05, 0.1) is 28.7 Å². The lowest BCUT2D eigenvalue weighted by molar-refractivity contribution is -0.385. The fourth-order valence-electron chi connectivity index (χ4n) is 1.09. The molecule has 0 fully saturated rings. The van der Waals surface area contributed by atoms with E-state index in [9.17, 15) is 10.1 Å². The van der Waals surface area contributed by atoms with E-state index in [0.29, 0.717) is 5.56 Å². The van der Waals surface area contributed by atoms with Gasteiger partial charge in [-0.05, 0) is 18.2 Å². The Morgan fingerprint density at radius 1 is 1.60 bits per heavy atom. The van der Waals surface area contributed by atoms with Gasteiger partial charge in [0.15, 0.2) is 0 Å². The number of benzene rings is 1. The first-order valence-electron chi connectivity index (χ1n) is 4.15. The summed E-state index contributed by atoms with van der Waals surface area (Å²) < 4.78 is 0. The van der Waals surface area contributed by atoms with Crippen molar-refractivity contribution in [2.24, 2.45) is 0 Å². The Kier molecular flexibility index (Phi) is 3.55. The lowest BCUT2D eigenvalue weighted by Crippen LogP contribution is -1.92. The van der Waals surface area contributed by atoms with Gasteiger partial charge >= 0.3 is 0 Å². The van der Waals surface area contributed by atoms with Crippen LogP contribution in [0.4, 0.5) is 5.69 Å². The summed E-state index contributed by atoms with van der Waals surface area (Å²) in [5, 5.41) is 27.8.